The van der Waals surface area contributed by atoms with Gasteiger partial charge in [-0.2, -0.15) is 0 Å². The van der Waals surface area contributed by atoms with Gasteiger partial charge in [-0.25, -0.2) is 4.79 Å². The summed E-state index contributed by atoms with van der Waals surface area (Å²) in [5, 5.41) is 17.3. The molecule has 0 spiro atoms. The summed E-state index contributed by atoms with van der Waals surface area (Å²) in [7, 11) is 0. The number of aliphatic carboxylic acids is 1. The maximum atomic E-state index is 10.2. The van der Waals surface area contributed by atoms with Crippen molar-refractivity contribution in [3.05, 3.63) is 0 Å². The van der Waals surface area contributed by atoms with E-state index in [4.69, 9.17) is 15.9 Å². The molecule has 0 aromatic heterocycles. The zero-order chi connectivity index (χ0) is 9.02. The number of nitrogens with two attached hydrogens (primary N) is 1. The summed E-state index contributed by atoms with van der Waals surface area (Å²) in [4.78, 5) is 10.2. The van der Waals surface area contributed by atoms with E-state index >= 15 is 0 Å². The zero-order valence-corrected chi connectivity index (χ0v) is 8.04. The van der Waals surface area contributed by atoms with E-state index in [1.54, 1.807) is 0 Å². The lowest BCUT2D eigenvalue weighted by molar-refractivity contribution is -0.147. The van der Waals surface area contributed by atoms with Crippen LogP contribution in [0.15, 0.2) is 0 Å². The predicted molar refractivity (Wildman–Crippen MR) is 48.3 cm³/mol. The molecule has 0 aromatic rings. The van der Waals surface area contributed by atoms with Crippen LogP contribution in [0.3, 0.4) is 0 Å². The van der Waals surface area contributed by atoms with E-state index in [1.165, 1.54) is 0 Å². The summed E-state index contributed by atoms with van der Waals surface area (Å²) in [5.41, 5.74) is 5.39. The summed E-state index contributed by atoms with van der Waals surface area (Å²) in [5.74, 6) is -0.947. The number of carbonyl (C=O) groups is 1. The molecule has 0 amide bonds. The summed E-state index contributed by atoms with van der Waals surface area (Å²) in [6.45, 7) is 3.85. The molecule has 0 bridgehead atoms. The molecule has 0 aliphatic heterocycles. The molecular weight excluding hydrogens is 182 g/mol. The van der Waals surface area contributed by atoms with Gasteiger partial charge < -0.3 is 15.9 Å². The van der Waals surface area contributed by atoms with Gasteiger partial charge in [0, 0.05) is 6.04 Å². The molecule has 0 saturated carbocycles. The minimum Gasteiger partial charge on any atom is -0.479 e. The van der Waals surface area contributed by atoms with Crippen molar-refractivity contribution in [2.75, 3.05) is 0 Å². The second-order valence-corrected chi connectivity index (χ2v) is 3.08. The number of aliphatic hydroxyl groups excluding tert-OH is 1. The van der Waals surface area contributed by atoms with Crippen molar-refractivity contribution in [3.63, 3.8) is 0 Å². The first-order chi connectivity index (χ1) is 4.95. The van der Waals surface area contributed by atoms with Crippen LogP contribution >= 0.6 is 12.4 Å². The van der Waals surface area contributed by atoms with Crippen LogP contribution in [0, 0.1) is 5.92 Å². The largest absolute Gasteiger partial charge is 0.479 e. The van der Waals surface area contributed by atoms with Crippen LogP contribution in [0.5, 0.6) is 0 Å². The van der Waals surface area contributed by atoms with Crippen molar-refractivity contribution >= 4 is 18.4 Å². The average Bonchev–Trinajstić information content (AvgIpc) is 1.84. The van der Waals surface area contributed by atoms with E-state index in [0.717, 1.165) is 0 Å². The Morgan fingerprint density at radius 2 is 1.92 bits per heavy atom. The summed E-state index contributed by atoms with van der Waals surface area (Å²) in [6, 6.07) is -0.660. The van der Waals surface area contributed by atoms with E-state index in [9.17, 15) is 4.79 Å². The van der Waals surface area contributed by atoms with Crippen molar-refractivity contribution in [1.82, 2.24) is 0 Å². The van der Waals surface area contributed by atoms with Crippen LogP contribution in [-0.4, -0.2) is 28.3 Å². The van der Waals surface area contributed by atoms with Crippen LogP contribution in [0.4, 0.5) is 0 Å². The Labute approximate surface area is 78.2 Å². The fraction of sp³-hybridized carbons (Fsp3) is 0.857. The number of carboxylic acids is 1. The molecule has 0 fully saturated rings. The monoisotopic (exact) mass is 197 g/mol. The van der Waals surface area contributed by atoms with Gasteiger partial charge in [0.25, 0.3) is 0 Å². The Morgan fingerprint density at radius 1 is 1.50 bits per heavy atom. The SMILES string of the molecule is CC(C)CC(N)C(O)C(=O)O.Cl. The van der Waals surface area contributed by atoms with Crippen molar-refractivity contribution in [3.8, 4) is 0 Å². The molecule has 74 valence electrons. The second kappa shape index (κ2) is 6.22. The Bertz CT molecular complexity index is 141. The molecule has 0 aliphatic carbocycles. The summed E-state index contributed by atoms with van der Waals surface area (Å²) in [6.07, 6.45) is -0.912. The van der Waals surface area contributed by atoms with Gasteiger partial charge in [-0.05, 0) is 12.3 Å². The highest BCUT2D eigenvalue weighted by Gasteiger charge is 2.22. The molecule has 0 aliphatic rings. The van der Waals surface area contributed by atoms with Gasteiger partial charge in [0.2, 0.25) is 0 Å². The number of carboxylic acid groups (broad SMARTS) is 1. The molecule has 5 heteroatoms. The maximum absolute atomic E-state index is 10.2. The summed E-state index contributed by atoms with van der Waals surface area (Å²) < 4.78 is 0. The third kappa shape index (κ3) is 5.35. The molecule has 0 saturated heterocycles. The van der Waals surface area contributed by atoms with Crippen LogP contribution in [0.25, 0.3) is 0 Å². The fourth-order valence-electron chi connectivity index (χ4n) is 0.856. The molecule has 0 heterocycles. The molecule has 4 nitrogen and oxygen atoms in total. The highest BCUT2D eigenvalue weighted by molar-refractivity contribution is 5.85. The van der Waals surface area contributed by atoms with Crippen molar-refractivity contribution in [1.29, 1.82) is 0 Å². The molecule has 4 N–H and O–H groups in total. The molecule has 0 radical (unpaired) electrons. The summed E-state index contributed by atoms with van der Waals surface area (Å²) >= 11 is 0. The van der Waals surface area contributed by atoms with E-state index in [2.05, 4.69) is 0 Å². The van der Waals surface area contributed by atoms with E-state index in [-0.39, 0.29) is 12.4 Å². The first-order valence-corrected chi connectivity index (χ1v) is 3.61. The number of hydrogen-bond acceptors (Lipinski definition) is 3. The Balaban J connectivity index is 0. The normalized spacial score (nSPS) is 15.1. The van der Waals surface area contributed by atoms with E-state index in [1.807, 2.05) is 13.8 Å². The Kier molecular flexibility index (Phi) is 7.37. The van der Waals surface area contributed by atoms with E-state index in [0.29, 0.717) is 12.3 Å². The predicted octanol–water partition coefficient (Wildman–Crippen LogP) is 0.227. The second-order valence-electron chi connectivity index (χ2n) is 3.08. The van der Waals surface area contributed by atoms with Crippen LogP contribution in [-0.2, 0) is 4.79 Å². The smallest absolute Gasteiger partial charge is 0.334 e. The van der Waals surface area contributed by atoms with Crippen molar-refractivity contribution < 1.29 is 15.0 Å². The van der Waals surface area contributed by atoms with Gasteiger partial charge in [-0.15, -0.1) is 12.4 Å². The molecule has 0 aromatic carbocycles. The number of hydrogen-bond donors (Lipinski definition) is 3. The lowest BCUT2D eigenvalue weighted by Gasteiger charge is -2.16. The first-order valence-electron chi connectivity index (χ1n) is 3.61. The standard InChI is InChI=1S/C7H15NO3.ClH/c1-4(2)3-5(8)6(9)7(10)11;/h4-6,9H,3,8H2,1-2H3,(H,10,11);1H. The topological polar surface area (TPSA) is 83.5 Å². The highest BCUT2D eigenvalue weighted by Crippen LogP contribution is 2.05. The molecule has 12 heavy (non-hydrogen) atoms. The van der Waals surface area contributed by atoms with Gasteiger partial charge in [0.15, 0.2) is 6.10 Å². The maximum Gasteiger partial charge on any atom is 0.334 e. The average molecular weight is 198 g/mol. The van der Waals surface area contributed by atoms with Gasteiger partial charge in [0.1, 0.15) is 0 Å². The van der Waals surface area contributed by atoms with Gasteiger partial charge in [0.05, 0.1) is 0 Å². The molecule has 2 unspecified atom stereocenters. The minimum absolute atomic E-state index is 0. The lowest BCUT2D eigenvalue weighted by atomic mass is 10.0. The van der Waals surface area contributed by atoms with Gasteiger partial charge in [-0.3, -0.25) is 0 Å². The Morgan fingerprint density at radius 3 is 2.17 bits per heavy atom. The third-order valence-electron chi connectivity index (χ3n) is 1.40. The minimum atomic E-state index is -1.43. The highest BCUT2D eigenvalue weighted by atomic mass is 35.5. The third-order valence-corrected chi connectivity index (χ3v) is 1.40. The van der Waals surface area contributed by atoms with Crippen LogP contribution in [0.2, 0.25) is 0 Å². The quantitative estimate of drug-likeness (QED) is 0.603. The first kappa shape index (κ1) is 14.2. The lowest BCUT2D eigenvalue weighted by Crippen LogP contribution is -2.41. The molecule has 0 rings (SSSR count). The van der Waals surface area contributed by atoms with Crippen LogP contribution < -0.4 is 5.73 Å². The molecule has 2 atom stereocenters. The van der Waals surface area contributed by atoms with Gasteiger partial charge >= 0.3 is 5.97 Å². The zero-order valence-electron chi connectivity index (χ0n) is 7.23. The van der Waals surface area contributed by atoms with Crippen molar-refractivity contribution in [2.24, 2.45) is 11.7 Å². The Hall–Kier alpha value is -0.320. The van der Waals surface area contributed by atoms with E-state index < -0.39 is 18.1 Å². The fourth-order valence-corrected chi connectivity index (χ4v) is 0.856. The number of aliphatic hydroxyl groups is 1. The van der Waals surface area contributed by atoms with Crippen LogP contribution in [0.1, 0.15) is 20.3 Å². The van der Waals surface area contributed by atoms with Gasteiger partial charge in [-0.1, -0.05) is 13.8 Å². The number of halogens is 1. The molecular formula is C7H16ClNO3. The van der Waals surface area contributed by atoms with Crippen molar-refractivity contribution in [2.45, 2.75) is 32.4 Å². The number of rotatable bonds is 4.